The molecule has 2 rings (SSSR count). The van der Waals surface area contributed by atoms with Gasteiger partial charge in [0.1, 0.15) is 4.90 Å². The molecule has 0 amide bonds. The summed E-state index contributed by atoms with van der Waals surface area (Å²) in [5.74, 6) is -4.99. The van der Waals surface area contributed by atoms with Gasteiger partial charge in [0.15, 0.2) is 11.5 Å². The summed E-state index contributed by atoms with van der Waals surface area (Å²) in [6, 6.07) is 3.30. The Hall–Kier alpha value is -2.52. The van der Waals surface area contributed by atoms with E-state index in [1.165, 1.54) is 0 Å². The zero-order valence-electron chi connectivity index (χ0n) is 9.60. The standard InChI is InChI=1S/C11H8O8S/c12-7-6-4(2-1-3-5(6)11(15)16)10(20(17,18)19)9(14)8(7)13/h1-3,12-14H,(H,15,16)(H,17,18,19). The van der Waals surface area contributed by atoms with E-state index in [0.29, 0.717) is 0 Å². The minimum atomic E-state index is -4.96. The van der Waals surface area contributed by atoms with Gasteiger partial charge in [0, 0.05) is 10.8 Å². The van der Waals surface area contributed by atoms with E-state index in [0.717, 1.165) is 18.2 Å². The number of benzene rings is 2. The van der Waals surface area contributed by atoms with Gasteiger partial charge in [0.2, 0.25) is 5.75 Å². The topological polar surface area (TPSA) is 152 Å². The van der Waals surface area contributed by atoms with Crippen LogP contribution in [0.4, 0.5) is 0 Å². The van der Waals surface area contributed by atoms with Crippen molar-refractivity contribution in [2.75, 3.05) is 0 Å². The minimum Gasteiger partial charge on any atom is -0.504 e. The van der Waals surface area contributed by atoms with Crippen LogP contribution in [0.15, 0.2) is 23.1 Å². The number of carboxylic acid groups (broad SMARTS) is 1. The lowest BCUT2D eigenvalue weighted by atomic mass is 10.0. The Labute approximate surface area is 111 Å². The Morgan fingerprint density at radius 3 is 2.10 bits per heavy atom. The third kappa shape index (κ3) is 1.89. The van der Waals surface area contributed by atoms with E-state index in [1.807, 2.05) is 0 Å². The molecule has 0 heterocycles. The maximum absolute atomic E-state index is 11.3. The van der Waals surface area contributed by atoms with E-state index in [2.05, 4.69) is 0 Å². The highest BCUT2D eigenvalue weighted by Crippen LogP contribution is 2.47. The first kappa shape index (κ1) is 13.9. The van der Waals surface area contributed by atoms with Crippen molar-refractivity contribution in [3.8, 4) is 17.2 Å². The molecular formula is C11H8O8S. The van der Waals surface area contributed by atoms with Crippen molar-refractivity contribution in [3.63, 3.8) is 0 Å². The molecule has 0 aliphatic rings. The first-order valence-electron chi connectivity index (χ1n) is 5.06. The maximum Gasteiger partial charge on any atom is 0.336 e. The van der Waals surface area contributed by atoms with Crippen molar-refractivity contribution in [2.24, 2.45) is 0 Å². The molecule has 0 saturated heterocycles. The minimum absolute atomic E-state index is 0.430. The van der Waals surface area contributed by atoms with E-state index in [9.17, 15) is 28.5 Å². The molecule has 5 N–H and O–H groups in total. The first-order chi connectivity index (χ1) is 9.16. The first-order valence-corrected chi connectivity index (χ1v) is 6.50. The van der Waals surface area contributed by atoms with E-state index in [4.69, 9.17) is 9.66 Å². The summed E-state index contributed by atoms with van der Waals surface area (Å²) in [7, 11) is -4.96. The zero-order chi connectivity index (χ0) is 15.2. The molecule has 2 aromatic carbocycles. The number of aromatic hydroxyl groups is 3. The van der Waals surface area contributed by atoms with Gasteiger partial charge in [-0.05, 0) is 6.07 Å². The van der Waals surface area contributed by atoms with Crippen LogP contribution in [-0.4, -0.2) is 39.4 Å². The van der Waals surface area contributed by atoms with Crippen LogP contribution >= 0.6 is 0 Å². The number of fused-ring (bicyclic) bond motifs is 1. The van der Waals surface area contributed by atoms with Crippen LogP contribution in [0.1, 0.15) is 10.4 Å². The van der Waals surface area contributed by atoms with Crippen LogP contribution in [0.25, 0.3) is 10.8 Å². The number of aromatic carboxylic acids is 1. The highest BCUT2D eigenvalue weighted by molar-refractivity contribution is 7.86. The Morgan fingerprint density at radius 1 is 1.00 bits per heavy atom. The molecule has 0 unspecified atom stereocenters. The molecule has 0 saturated carbocycles. The maximum atomic E-state index is 11.3. The molecule has 106 valence electrons. The molecule has 0 aliphatic heterocycles. The summed E-state index contributed by atoms with van der Waals surface area (Å²) in [4.78, 5) is 9.98. The lowest BCUT2D eigenvalue weighted by Crippen LogP contribution is -2.03. The SMILES string of the molecule is O=C(O)c1cccc2c(S(=O)(=O)O)c(O)c(O)c(O)c12. The van der Waals surface area contributed by atoms with E-state index >= 15 is 0 Å². The molecular weight excluding hydrogens is 292 g/mol. The molecule has 8 nitrogen and oxygen atoms in total. The highest BCUT2D eigenvalue weighted by atomic mass is 32.2. The van der Waals surface area contributed by atoms with Crippen LogP contribution < -0.4 is 0 Å². The number of carbonyl (C=O) groups is 1. The van der Waals surface area contributed by atoms with Crippen molar-refractivity contribution in [1.29, 1.82) is 0 Å². The second-order valence-corrected chi connectivity index (χ2v) is 5.24. The van der Waals surface area contributed by atoms with E-state index < -0.39 is 54.6 Å². The molecule has 0 aromatic heterocycles. The number of carboxylic acids is 1. The number of phenolic OH excluding ortho intramolecular Hbond substituents is 3. The summed E-state index contributed by atoms with van der Waals surface area (Å²) >= 11 is 0. The fraction of sp³-hybridized carbons (Fsp3) is 0. The van der Waals surface area contributed by atoms with E-state index in [-0.39, 0.29) is 0 Å². The van der Waals surface area contributed by atoms with Gasteiger partial charge in [-0.15, -0.1) is 0 Å². The Kier molecular flexibility index (Phi) is 2.95. The summed E-state index contributed by atoms with van der Waals surface area (Å²) in [6.45, 7) is 0. The fourth-order valence-electron chi connectivity index (χ4n) is 1.90. The lowest BCUT2D eigenvalue weighted by Gasteiger charge is -2.12. The van der Waals surface area contributed by atoms with Crippen molar-refractivity contribution in [3.05, 3.63) is 23.8 Å². The predicted octanol–water partition coefficient (Wildman–Crippen LogP) is 0.901. The second kappa shape index (κ2) is 4.25. The molecule has 0 fully saturated rings. The summed E-state index contributed by atoms with van der Waals surface area (Å²) in [5, 5.41) is 36.8. The lowest BCUT2D eigenvalue weighted by molar-refractivity contribution is 0.0698. The number of rotatable bonds is 2. The molecule has 0 bridgehead atoms. The normalized spacial score (nSPS) is 11.7. The average Bonchev–Trinajstić information content (AvgIpc) is 2.33. The van der Waals surface area contributed by atoms with Crippen LogP contribution in [-0.2, 0) is 10.1 Å². The number of phenols is 3. The summed E-state index contributed by atoms with van der Waals surface area (Å²) < 4.78 is 31.6. The highest BCUT2D eigenvalue weighted by Gasteiger charge is 2.28. The van der Waals surface area contributed by atoms with Crippen molar-refractivity contribution >= 4 is 26.9 Å². The average molecular weight is 300 g/mol. The number of hydrogen-bond donors (Lipinski definition) is 5. The number of hydrogen-bond acceptors (Lipinski definition) is 6. The van der Waals surface area contributed by atoms with Crippen molar-refractivity contribution < 1.29 is 38.2 Å². The van der Waals surface area contributed by atoms with Crippen LogP contribution in [0.5, 0.6) is 17.2 Å². The van der Waals surface area contributed by atoms with Crippen molar-refractivity contribution in [1.82, 2.24) is 0 Å². The van der Waals surface area contributed by atoms with Gasteiger partial charge < -0.3 is 20.4 Å². The summed E-state index contributed by atoms with van der Waals surface area (Å²) in [6.07, 6.45) is 0. The third-order valence-electron chi connectivity index (χ3n) is 2.70. The zero-order valence-corrected chi connectivity index (χ0v) is 10.4. The van der Waals surface area contributed by atoms with Gasteiger partial charge >= 0.3 is 5.97 Å². The van der Waals surface area contributed by atoms with Crippen LogP contribution in [0.3, 0.4) is 0 Å². The second-order valence-electron chi connectivity index (χ2n) is 3.88. The molecule has 2 aromatic rings. The monoisotopic (exact) mass is 300 g/mol. The Balaban J connectivity index is 3.19. The van der Waals surface area contributed by atoms with Crippen LogP contribution in [0, 0.1) is 0 Å². The van der Waals surface area contributed by atoms with Crippen LogP contribution in [0.2, 0.25) is 0 Å². The largest absolute Gasteiger partial charge is 0.504 e. The van der Waals surface area contributed by atoms with Gasteiger partial charge in [0.05, 0.1) is 5.56 Å². The molecule has 9 heteroatoms. The molecule has 0 radical (unpaired) electrons. The van der Waals surface area contributed by atoms with E-state index in [1.54, 1.807) is 0 Å². The molecule has 20 heavy (non-hydrogen) atoms. The van der Waals surface area contributed by atoms with Gasteiger partial charge in [-0.25, -0.2) is 4.79 Å². The smallest absolute Gasteiger partial charge is 0.336 e. The Bertz CT molecular complexity index is 837. The van der Waals surface area contributed by atoms with Gasteiger partial charge in [-0.3, -0.25) is 4.55 Å². The molecule has 0 aliphatic carbocycles. The molecule has 0 atom stereocenters. The van der Waals surface area contributed by atoms with Crippen molar-refractivity contribution in [2.45, 2.75) is 4.90 Å². The van der Waals surface area contributed by atoms with Gasteiger partial charge in [0.25, 0.3) is 10.1 Å². The predicted molar refractivity (Wildman–Crippen MR) is 65.7 cm³/mol. The fourth-order valence-corrected chi connectivity index (χ4v) is 2.69. The van der Waals surface area contributed by atoms with Gasteiger partial charge in [-0.2, -0.15) is 8.42 Å². The summed E-state index contributed by atoms with van der Waals surface area (Å²) in [5.41, 5.74) is -0.500. The molecule has 0 spiro atoms. The Morgan fingerprint density at radius 2 is 1.60 bits per heavy atom. The quantitative estimate of drug-likeness (QED) is 0.405. The van der Waals surface area contributed by atoms with Gasteiger partial charge in [-0.1, -0.05) is 12.1 Å². The third-order valence-corrected chi connectivity index (χ3v) is 3.63.